The molecule has 3 fully saturated rings. The molecule has 14 heteroatoms. The second-order valence-electron chi connectivity index (χ2n) is 13.5. The van der Waals surface area contributed by atoms with Gasteiger partial charge in [0.05, 0.1) is 35.9 Å². The van der Waals surface area contributed by atoms with Crippen LogP contribution < -0.4 is 0 Å². The number of carbonyl (C=O) groups is 2. The minimum atomic E-state index is -3.94. The van der Waals surface area contributed by atoms with E-state index in [9.17, 15) is 30.0 Å². The molecule has 12 nitrogen and oxygen atoms in total. The summed E-state index contributed by atoms with van der Waals surface area (Å²) in [5, 5.41) is 48.6. The van der Waals surface area contributed by atoms with Crippen LogP contribution in [0.3, 0.4) is 0 Å². The molecule has 259 valence electrons. The van der Waals surface area contributed by atoms with E-state index in [1.807, 2.05) is 0 Å². The van der Waals surface area contributed by atoms with Crippen LogP contribution in [0, 0.1) is 60.8 Å². The third kappa shape index (κ3) is 6.10. The van der Waals surface area contributed by atoms with Crippen molar-refractivity contribution in [2.75, 3.05) is 26.4 Å². The number of hydrogen-bond acceptors (Lipinski definition) is 12. The minimum Gasteiger partial charge on any atom is -0.455 e. The molecule has 6 unspecified atom stereocenters. The fourth-order valence-corrected chi connectivity index (χ4v) is 10.6. The van der Waals surface area contributed by atoms with Crippen LogP contribution in [0.1, 0.15) is 71.7 Å². The van der Waals surface area contributed by atoms with Gasteiger partial charge in [-0.3, -0.25) is 4.79 Å². The first kappa shape index (κ1) is 39.2. The molecule has 1 aromatic rings. The van der Waals surface area contributed by atoms with E-state index < -0.39 is 79.3 Å². The van der Waals surface area contributed by atoms with Crippen molar-refractivity contribution in [3.63, 3.8) is 0 Å². The van der Waals surface area contributed by atoms with Crippen LogP contribution in [0.15, 0.2) is 41.5 Å². The Morgan fingerprint density at radius 1 is 1.00 bits per heavy atom. The smallest absolute Gasteiger partial charge is 0.455 e. The van der Waals surface area contributed by atoms with Gasteiger partial charge >= 0.3 is 15.0 Å². The van der Waals surface area contributed by atoms with Crippen molar-refractivity contribution in [2.45, 2.75) is 103 Å². The number of hydrogen-bond donors (Lipinski definition) is 4. The van der Waals surface area contributed by atoms with Gasteiger partial charge in [-0.1, -0.05) is 32.0 Å². The predicted octanol–water partition coefficient (Wildman–Crippen LogP) is 2.08. The van der Waals surface area contributed by atoms with Crippen molar-refractivity contribution in [2.24, 2.45) is 16.7 Å². The summed E-state index contributed by atoms with van der Waals surface area (Å²) in [5.74, 6) is -2.90. The monoisotopic (exact) mass is 891 g/mol. The summed E-state index contributed by atoms with van der Waals surface area (Å²) in [6.07, 6.45) is -7.00. The first-order valence-electron chi connectivity index (χ1n) is 16.1. The molecular formula is C33H48AcO12Si. The predicted molar refractivity (Wildman–Crippen MR) is 165 cm³/mol. The Hall–Kier alpha value is -0.602. The van der Waals surface area contributed by atoms with Gasteiger partial charge in [0.25, 0.3) is 0 Å². The van der Waals surface area contributed by atoms with Crippen LogP contribution in [0.25, 0.3) is 0 Å². The molecule has 4 N–H and O–H groups in total. The van der Waals surface area contributed by atoms with Crippen molar-refractivity contribution >= 4 is 20.8 Å². The molecule has 0 amide bonds. The molecule has 5 rings (SSSR count). The molecular weight excluding hydrogens is 843 g/mol. The molecule has 1 aromatic carbocycles. The topological polar surface area (TPSA) is 170 Å². The van der Waals surface area contributed by atoms with E-state index in [0.717, 1.165) is 0 Å². The molecule has 3 aliphatic carbocycles. The zero-order chi connectivity index (χ0) is 33.9. The van der Waals surface area contributed by atoms with E-state index in [1.165, 1.54) is 0 Å². The van der Waals surface area contributed by atoms with Crippen molar-refractivity contribution in [3.8, 4) is 0 Å². The Kier molecular flexibility index (Phi) is 11.8. The molecule has 1 heterocycles. The number of carbonyl (C=O) groups excluding carboxylic acids is 2. The number of rotatable bonds is 10. The van der Waals surface area contributed by atoms with Crippen molar-refractivity contribution in [1.29, 1.82) is 0 Å². The molecule has 1 aliphatic heterocycles. The van der Waals surface area contributed by atoms with Gasteiger partial charge < -0.3 is 47.6 Å². The fourth-order valence-electron chi connectivity index (χ4n) is 8.35. The molecule has 47 heavy (non-hydrogen) atoms. The second kappa shape index (κ2) is 14.2. The summed E-state index contributed by atoms with van der Waals surface area (Å²) >= 11 is 0. The van der Waals surface area contributed by atoms with Gasteiger partial charge in [-0.25, -0.2) is 4.79 Å². The van der Waals surface area contributed by atoms with E-state index in [2.05, 4.69) is 0 Å². The van der Waals surface area contributed by atoms with Crippen LogP contribution >= 0.6 is 0 Å². The molecule has 1 radical (unpaired) electrons. The summed E-state index contributed by atoms with van der Waals surface area (Å²) < 4.78 is 36.7. The maximum atomic E-state index is 15.0. The van der Waals surface area contributed by atoms with Crippen molar-refractivity contribution < 1.29 is 101 Å². The van der Waals surface area contributed by atoms with Crippen LogP contribution in [0.4, 0.5) is 0 Å². The van der Waals surface area contributed by atoms with E-state index in [1.54, 1.807) is 78.8 Å². The zero-order valence-corrected chi connectivity index (χ0v) is 34.0. The maximum absolute atomic E-state index is 15.0. The Balaban J connectivity index is 0.00000500. The molecule has 4 aliphatic rings. The average Bonchev–Trinajstić information content (AvgIpc) is 3.00. The largest absolute Gasteiger partial charge is 0.679 e. The van der Waals surface area contributed by atoms with Crippen molar-refractivity contribution in [1.82, 2.24) is 0 Å². The van der Waals surface area contributed by atoms with Gasteiger partial charge in [-0.2, -0.15) is 0 Å². The van der Waals surface area contributed by atoms with Gasteiger partial charge in [0.1, 0.15) is 23.4 Å². The van der Waals surface area contributed by atoms with Gasteiger partial charge in [-0.15, -0.1) is 0 Å². The molecule has 1 saturated heterocycles. The SMILES string of the molecule is CCO[Si](OCC)(OCC)O[C@H]1CC2OCC2(O)C2[C@H](OC(=O)c3ccccc3)C3(O)CC(O)C(C)=C(C(O)C(=O)[C@@]21C)C3(C)C.[Ac]. The van der Waals surface area contributed by atoms with Crippen molar-refractivity contribution in [3.05, 3.63) is 47.0 Å². The van der Waals surface area contributed by atoms with E-state index in [0.29, 0.717) is 5.57 Å². The standard InChI is InChI=1S/C33H48O12Si.Ac/c1-8-41-46(42-9-2,43-10-3)45-22-16-23-32(38,18-40-23)26-28(44-29(37)20-14-12-11-13-15-20)33(39)17-21(34)19(4)24(30(33,5)6)25(35)27(36)31(22,26)7;/h11-15,21-23,25-26,28,34-35,38-39H,8-10,16-18H2,1-7H3;/t21?,22-,23?,25?,26?,28-,31+,32?,33?;/m0./s1. The Morgan fingerprint density at radius 3 is 2.09 bits per heavy atom. The van der Waals surface area contributed by atoms with Crippen LogP contribution in [-0.2, 0) is 32.0 Å². The average molecular weight is 892 g/mol. The van der Waals surface area contributed by atoms with Crippen LogP contribution in [0.2, 0.25) is 0 Å². The molecule has 9 atom stereocenters. The fraction of sp³-hybridized carbons (Fsp3) is 0.697. The number of Topliss-reactive ketones (excluding diaryl/α,β-unsaturated/α-hetero) is 1. The van der Waals surface area contributed by atoms with Gasteiger partial charge in [0.15, 0.2) is 5.78 Å². The molecule has 2 saturated carbocycles. The zero-order valence-electron chi connectivity index (χ0n) is 28.2. The molecule has 2 bridgehead atoms. The second-order valence-corrected chi connectivity index (χ2v) is 15.6. The first-order valence-corrected chi connectivity index (χ1v) is 17.7. The quantitative estimate of drug-likeness (QED) is 0.154. The van der Waals surface area contributed by atoms with Gasteiger partial charge in [0, 0.05) is 88.1 Å². The number of aliphatic hydroxyl groups excluding tert-OH is 2. The summed E-state index contributed by atoms with van der Waals surface area (Å²) in [5.41, 5.74) is -6.44. The number of aliphatic hydroxyl groups is 4. The summed E-state index contributed by atoms with van der Waals surface area (Å²) in [7, 11) is -3.94. The number of fused-ring (bicyclic) bond motifs is 5. The summed E-state index contributed by atoms with van der Waals surface area (Å²) in [6, 6.07) is 8.19. The third-order valence-corrected chi connectivity index (χ3v) is 13.4. The Labute approximate surface area is 313 Å². The van der Waals surface area contributed by atoms with E-state index >= 15 is 0 Å². The number of ether oxygens (including phenoxy) is 2. The number of ketones is 1. The Bertz CT molecular complexity index is 1340. The molecule has 0 aromatic heterocycles. The third-order valence-electron chi connectivity index (χ3n) is 10.9. The van der Waals surface area contributed by atoms with E-state index in [4.69, 9.17) is 27.2 Å². The molecule has 0 spiro atoms. The number of esters is 1. The van der Waals surface area contributed by atoms with Crippen LogP contribution in [0.5, 0.6) is 0 Å². The minimum absolute atomic E-state index is 0. The van der Waals surface area contributed by atoms with Gasteiger partial charge in [-0.05, 0) is 57.9 Å². The van der Waals surface area contributed by atoms with Crippen LogP contribution in [-0.4, -0.2) is 109 Å². The maximum Gasteiger partial charge on any atom is 0.679 e. The first-order chi connectivity index (χ1) is 21.6. The van der Waals surface area contributed by atoms with Gasteiger partial charge in [0.2, 0.25) is 0 Å². The Morgan fingerprint density at radius 2 is 1.57 bits per heavy atom. The normalized spacial score (nSPS) is 37.8. The van der Waals surface area contributed by atoms with E-state index in [-0.39, 0.29) is 94.5 Å². The summed E-state index contributed by atoms with van der Waals surface area (Å²) in [6.45, 7) is 12.0. The summed E-state index contributed by atoms with van der Waals surface area (Å²) in [4.78, 5) is 28.8. The number of benzene rings is 1.